The normalized spacial score (nSPS) is 13.9. The maximum Gasteiger partial charge on any atom is 0.348 e. The third-order valence-electron chi connectivity index (χ3n) is 5.25. The molecule has 7 nitrogen and oxygen atoms in total. The Morgan fingerprint density at radius 3 is 2.45 bits per heavy atom. The fourth-order valence-electron chi connectivity index (χ4n) is 3.59. The number of methoxy groups -OCH3 is 1. The zero-order chi connectivity index (χ0) is 21.8. The molecule has 31 heavy (non-hydrogen) atoms. The molecule has 2 aromatic carbocycles. The smallest absolute Gasteiger partial charge is 0.348 e. The number of thiophene rings is 1. The highest BCUT2D eigenvalue weighted by atomic mass is 32.1. The summed E-state index contributed by atoms with van der Waals surface area (Å²) < 4.78 is 11.3. The van der Waals surface area contributed by atoms with Crippen LogP contribution in [-0.4, -0.2) is 56.8 Å². The fraction of sp³-hybridized carbons (Fsp3) is 0.304. The van der Waals surface area contributed by atoms with E-state index in [9.17, 15) is 9.59 Å². The molecule has 1 fully saturated rings. The largest absolute Gasteiger partial charge is 0.497 e. The molecule has 0 aliphatic carbocycles. The fourth-order valence-corrected chi connectivity index (χ4v) is 4.52. The standard InChI is InChI=1S/C23H25N3O4S/c1-3-30-22(27)21-15-16-14-17(4-9-20(16)31-21)24-23(28)26-12-10-25(11-13-26)18-5-7-19(29-2)8-6-18/h4-9,14-15H,3,10-13H2,1-2H3,(H,24,28). The number of urea groups is 1. The van der Waals surface area contributed by atoms with E-state index in [1.165, 1.54) is 11.3 Å². The predicted molar refractivity (Wildman–Crippen MR) is 124 cm³/mol. The number of piperazine rings is 1. The zero-order valence-electron chi connectivity index (χ0n) is 17.6. The van der Waals surface area contributed by atoms with Crippen LogP contribution in [0.15, 0.2) is 48.5 Å². The lowest BCUT2D eigenvalue weighted by atomic mass is 10.2. The second-order valence-electron chi connectivity index (χ2n) is 7.19. The van der Waals surface area contributed by atoms with Crippen LogP contribution in [0.2, 0.25) is 0 Å². The first-order chi connectivity index (χ1) is 15.1. The van der Waals surface area contributed by atoms with Crippen molar-refractivity contribution in [3.05, 3.63) is 53.4 Å². The van der Waals surface area contributed by atoms with Crippen molar-refractivity contribution in [2.24, 2.45) is 0 Å². The van der Waals surface area contributed by atoms with E-state index in [4.69, 9.17) is 9.47 Å². The molecule has 0 saturated carbocycles. The molecule has 0 unspecified atom stereocenters. The van der Waals surface area contributed by atoms with Crippen LogP contribution in [-0.2, 0) is 4.74 Å². The quantitative estimate of drug-likeness (QED) is 0.595. The summed E-state index contributed by atoms with van der Waals surface area (Å²) in [7, 11) is 1.65. The molecule has 0 spiro atoms. The van der Waals surface area contributed by atoms with E-state index in [0.717, 1.165) is 34.6 Å². The number of nitrogens with zero attached hydrogens (tertiary/aromatic N) is 2. The van der Waals surface area contributed by atoms with E-state index >= 15 is 0 Å². The molecule has 162 valence electrons. The molecular weight excluding hydrogens is 414 g/mol. The monoisotopic (exact) mass is 439 g/mol. The van der Waals surface area contributed by atoms with Gasteiger partial charge in [0.15, 0.2) is 0 Å². The highest BCUT2D eigenvalue weighted by molar-refractivity contribution is 7.20. The Kier molecular flexibility index (Phi) is 6.27. The van der Waals surface area contributed by atoms with Crippen LogP contribution in [0.5, 0.6) is 5.75 Å². The summed E-state index contributed by atoms with van der Waals surface area (Å²) in [4.78, 5) is 29.3. The van der Waals surface area contributed by atoms with Gasteiger partial charge in [-0.05, 0) is 60.8 Å². The molecule has 2 heterocycles. The van der Waals surface area contributed by atoms with Gasteiger partial charge >= 0.3 is 12.0 Å². The minimum absolute atomic E-state index is 0.116. The summed E-state index contributed by atoms with van der Waals surface area (Å²) in [5, 5.41) is 3.89. The molecule has 8 heteroatoms. The summed E-state index contributed by atoms with van der Waals surface area (Å²) >= 11 is 1.39. The topological polar surface area (TPSA) is 71.1 Å². The van der Waals surface area contributed by atoms with Crippen LogP contribution < -0.4 is 15.0 Å². The number of fused-ring (bicyclic) bond motifs is 1. The number of carbonyl (C=O) groups excluding carboxylic acids is 2. The lowest BCUT2D eigenvalue weighted by Crippen LogP contribution is -2.50. The van der Waals surface area contributed by atoms with Crippen molar-refractivity contribution in [2.45, 2.75) is 6.92 Å². The van der Waals surface area contributed by atoms with E-state index in [1.54, 1.807) is 20.1 Å². The Labute approximate surface area is 185 Å². The summed E-state index contributed by atoms with van der Waals surface area (Å²) in [6.07, 6.45) is 0. The van der Waals surface area contributed by atoms with Crippen LogP contribution in [0.25, 0.3) is 10.1 Å². The van der Waals surface area contributed by atoms with Crippen molar-refractivity contribution in [1.29, 1.82) is 0 Å². The molecule has 1 aromatic heterocycles. The molecule has 3 aromatic rings. The molecule has 2 amide bonds. The predicted octanol–water partition coefficient (Wildman–Crippen LogP) is 4.44. The molecule has 1 aliphatic heterocycles. The van der Waals surface area contributed by atoms with E-state index in [1.807, 2.05) is 47.4 Å². The van der Waals surface area contributed by atoms with Crippen molar-refractivity contribution >= 4 is 44.8 Å². The van der Waals surface area contributed by atoms with Gasteiger partial charge in [0.2, 0.25) is 0 Å². The highest BCUT2D eigenvalue weighted by Crippen LogP contribution is 2.29. The Bertz CT molecular complexity index is 1070. The third-order valence-corrected chi connectivity index (χ3v) is 6.34. The second-order valence-corrected chi connectivity index (χ2v) is 8.27. The number of nitrogens with one attached hydrogen (secondary N) is 1. The van der Waals surface area contributed by atoms with Crippen LogP contribution in [0.1, 0.15) is 16.6 Å². The number of carbonyl (C=O) groups is 2. The Morgan fingerprint density at radius 2 is 1.77 bits per heavy atom. The van der Waals surface area contributed by atoms with Crippen LogP contribution in [0, 0.1) is 0 Å². The van der Waals surface area contributed by atoms with Gasteiger partial charge in [0.05, 0.1) is 13.7 Å². The lowest BCUT2D eigenvalue weighted by Gasteiger charge is -2.36. The number of amides is 2. The van der Waals surface area contributed by atoms with Gasteiger partial charge in [0.25, 0.3) is 0 Å². The third kappa shape index (κ3) is 4.74. The molecule has 0 bridgehead atoms. The number of hydrogen-bond donors (Lipinski definition) is 1. The van der Waals surface area contributed by atoms with Crippen molar-refractivity contribution in [3.63, 3.8) is 0 Å². The lowest BCUT2D eigenvalue weighted by molar-refractivity contribution is 0.0532. The Hall–Kier alpha value is -3.26. The van der Waals surface area contributed by atoms with Gasteiger partial charge in [0.1, 0.15) is 10.6 Å². The van der Waals surface area contributed by atoms with Crippen molar-refractivity contribution in [1.82, 2.24) is 4.90 Å². The summed E-state index contributed by atoms with van der Waals surface area (Å²) in [5.41, 5.74) is 1.84. The van der Waals surface area contributed by atoms with Gasteiger partial charge < -0.3 is 24.6 Å². The molecule has 0 radical (unpaired) electrons. The van der Waals surface area contributed by atoms with Gasteiger partial charge in [0, 0.05) is 42.3 Å². The summed E-state index contributed by atoms with van der Waals surface area (Å²) in [5.74, 6) is 0.516. The zero-order valence-corrected chi connectivity index (χ0v) is 18.4. The highest BCUT2D eigenvalue weighted by Gasteiger charge is 2.21. The van der Waals surface area contributed by atoms with Gasteiger partial charge in [-0.15, -0.1) is 11.3 Å². The Morgan fingerprint density at radius 1 is 1.03 bits per heavy atom. The minimum Gasteiger partial charge on any atom is -0.497 e. The van der Waals surface area contributed by atoms with Crippen molar-refractivity contribution in [2.75, 3.05) is 50.1 Å². The maximum atomic E-state index is 12.7. The number of rotatable bonds is 5. The van der Waals surface area contributed by atoms with Crippen molar-refractivity contribution < 1.29 is 19.1 Å². The first kappa shape index (κ1) is 21.0. The van der Waals surface area contributed by atoms with Gasteiger partial charge in [-0.25, -0.2) is 9.59 Å². The van der Waals surface area contributed by atoms with Crippen LogP contribution in [0.4, 0.5) is 16.2 Å². The number of esters is 1. The summed E-state index contributed by atoms with van der Waals surface area (Å²) in [6, 6.07) is 15.3. The van der Waals surface area contributed by atoms with E-state index in [0.29, 0.717) is 30.3 Å². The molecular formula is C23H25N3O4S. The van der Waals surface area contributed by atoms with Gasteiger partial charge in [-0.1, -0.05) is 0 Å². The van der Waals surface area contributed by atoms with E-state index in [-0.39, 0.29) is 12.0 Å². The summed E-state index contributed by atoms with van der Waals surface area (Å²) in [6.45, 7) is 4.96. The average Bonchev–Trinajstić information content (AvgIpc) is 3.23. The van der Waals surface area contributed by atoms with Crippen molar-refractivity contribution in [3.8, 4) is 5.75 Å². The first-order valence-electron chi connectivity index (χ1n) is 10.2. The second kappa shape index (κ2) is 9.26. The number of hydrogen-bond acceptors (Lipinski definition) is 6. The molecule has 1 saturated heterocycles. The SMILES string of the molecule is CCOC(=O)c1cc2cc(NC(=O)N3CCN(c4ccc(OC)cc4)CC3)ccc2s1. The first-order valence-corrected chi connectivity index (χ1v) is 11.0. The average molecular weight is 440 g/mol. The molecule has 4 rings (SSSR count). The Balaban J connectivity index is 1.36. The van der Waals surface area contributed by atoms with Gasteiger partial charge in [-0.2, -0.15) is 0 Å². The maximum absolute atomic E-state index is 12.7. The van der Waals surface area contributed by atoms with Crippen LogP contribution in [0.3, 0.4) is 0 Å². The number of ether oxygens (including phenoxy) is 2. The molecule has 1 aliphatic rings. The number of anilines is 2. The van der Waals surface area contributed by atoms with E-state index in [2.05, 4.69) is 10.2 Å². The number of benzene rings is 2. The van der Waals surface area contributed by atoms with Crippen LogP contribution >= 0.6 is 11.3 Å². The van der Waals surface area contributed by atoms with Gasteiger partial charge in [-0.3, -0.25) is 0 Å². The van der Waals surface area contributed by atoms with E-state index < -0.39 is 0 Å². The molecule has 1 N–H and O–H groups in total. The minimum atomic E-state index is -0.316. The molecule has 0 atom stereocenters.